The predicted octanol–water partition coefficient (Wildman–Crippen LogP) is 0.364. The quantitative estimate of drug-likeness (QED) is 0.717. The molecule has 4 nitrogen and oxygen atoms in total. The first-order valence-corrected chi connectivity index (χ1v) is 7.96. The van der Waals surface area contributed by atoms with Crippen LogP contribution < -0.4 is 0 Å². The van der Waals surface area contributed by atoms with Crippen molar-refractivity contribution in [1.29, 1.82) is 0 Å². The summed E-state index contributed by atoms with van der Waals surface area (Å²) >= 11 is 0. The van der Waals surface area contributed by atoms with Gasteiger partial charge in [-0.05, 0) is 44.2 Å². The Morgan fingerprint density at radius 2 is 1.69 bits per heavy atom. The molecule has 5 heteroatoms. The van der Waals surface area contributed by atoms with Crippen LogP contribution in [0.2, 0.25) is 0 Å². The van der Waals surface area contributed by atoms with Crippen LogP contribution in [-0.2, 0) is 10.0 Å². The fraction of sp³-hybridized carbons (Fsp3) is 1.00. The molecule has 0 unspecified atom stereocenters. The van der Waals surface area contributed by atoms with Gasteiger partial charge in [0.05, 0.1) is 5.75 Å². The third-order valence-electron chi connectivity index (χ3n) is 4.20. The molecule has 0 N–H and O–H groups in total. The van der Waals surface area contributed by atoms with Crippen LogP contribution >= 0.6 is 0 Å². The van der Waals surface area contributed by atoms with Gasteiger partial charge in [-0.2, -0.15) is 0 Å². The van der Waals surface area contributed by atoms with E-state index in [2.05, 4.69) is 4.90 Å². The van der Waals surface area contributed by atoms with Crippen LogP contribution in [0.5, 0.6) is 0 Å². The molecule has 0 aromatic rings. The highest BCUT2D eigenvalue weighted by atomic mass is 32.2. The molecule has 0 spiro atoms. The molecule has 3 fully saturated rings. The second kappa shape index (κ2) is 3.96. The highest BCUT2D eigenvalue weighted by molar-refractivity contribution is 7.89. The average molecular weight is 244 g/mol. The van der Waals surface area contributed by atoms with E-state index in [0.29, 0.717) is 17.6 Å². The maximum absolute atomic E-state index is 12.1. The topological polar surface area (TPSA) is 40.6 Å². The van der Waals surface area contributed by atoms with Crippen molar-refractivity contribution in [3.8, 4) is 0 Å². The second-order valence-electron chi connectivity index (χ2n) is 5.44. The standard InChI is InChI=1S/C11H20N2O2S/c14-16(15,6-5-12-3-1-2-4-12)13-8-10-7-11(10)9-13/h10-11H,1-9H2/t10-,11+. The first-order valence-electron chi connectivity index (χ1n) is 6.35. The monoisotopic (exact) mass is 244 g/mol. The lowest BCUT2D eigenvalue weighted by atomic mass is 10.4. The number of hydrogen-bond acceptors (Lipinski definition) is 3. The van der Waals surface area contributed by atoms with E-state index in [0.717, 1.165) is 32.7 Å². The number of nitrogens with zero attached hydrogens (tertiary/aromatic N) is 2. The number of piperidine rings is 1. The molecule has 0 radical (unpaired) electrons. The van der Waals surface area contributed by atoms with Crippen LogP contribution in [0.3, 0.4) is 0 Å². The molecule has 1 saturated carbocycles. The van der Waals surface area contributed by atoms with E-state index in [1.807, 2.05) is 0 Å². The maximum atomic E-state index is 12.1. The molecule has 2 heterocycles. The number of rotatable bonds is 4. The highest BCUT2D eigenvalue weighted by Gasteiger charge is 2.48. The Bertz CT molecular complexity index is 352. The minimum atomic E-state index is -2.96. The molecule has 3 rings (SSSR count). The Labute approximate surface area is 97.7 Å². The number of likely N-dealkylation sites (tertiary alicyclic amines) is 1. The van der Waals surface area contributed by atoms with Crippen molar-refractivity contribution in [2.45, 2.75) is 19.3 Å². The number of hydrogen-bond donors (Lipinski definition) is 0. The maximum Gasteiger partial charge on any atom is 0.215 e. The van der Waals surface area contributed by atoms with E-state index < -0.39 is 10.0 Å². The molecular formula is C11H20N2O2S. The van der Waals surface area contributed by atoms with Crippen molar-refractivity contribution in [2.24, 2.45) is 11.8 Å². The molecule has 16 heavy (non-hydrogen) atoms. The molecule has 2 atom stereocenters. The minimum Gasteiger partial charge on any atom is -0.302 e. The highest BCUT2D eigenvalue weighted by Crippen LogP contribution is 2.45. The summed E-state index contributed by atoms with van der Waals surface area (Å²) in [6, 6.07) is 0. The van der Waals surface area contributed by atoms with Gasteiger partial charge in [0.2, 0.25) is 10.0 Å². The lowest BCUT2D eigenvalue weighted by molar-refractivity contribution is 0.353. The summed E-state index contributed by atoms with van der Waals surface area (Å²) in [6.07, 6.45) is 3.72. The van der Waals surface area contributed by atoms with Gasteiger partial charge >= 0.3 is 0 Å². The summed E-state index contributed by atoms with van der Waals surface area (Å²) in [7, 11) is -2.96. The van der Waals surface area contributed by atoms with Crippen LogP contribution in [0.25, 0.3) is 0 Å². The smallest absolute Gasteiger partial charge is 0.215 e. The van der Waals surface area contributed by atoms with E-state index in [1.54, 1.807) is 4.31 Å². The van der Waals surface area contributed by atoms with Crippen molar-refractivity contribution in [1.82, 2.24) is 9.21 Å². The van der Waals surface area contributed by atoms with Gasteiger partial charge < -0.3 is 4.90 Å². The average Bonchev–Trinajstić information content (AvgIpc) is 2.74. The second-order valence-corrected chi connectivity index (χ2v) is 7.53. The minimum absolute atomic E-state index is 0.326. The Balaban J connectivity index is 1.52. The van der Waals surface area contributed by atoms with Crippen LogP contribution in [-0.4, -0.2) is 56.1 Å². The number of fused-ring (bicyclic) bond motifs is 1. The molecule has 0 amide bonds. The molecule has 92 valence electrons. The molecular weight excluding hydrogens is 224 g/mol. The summed E-state index contributed by atoms with van der Waals surface area (Å²) in [6.45, 7) is 4.50. The van der Waals surface area contributed by atoms with Gasteiger partial charge in [0.15, 0.2) is 0 Å². The van der Waals surface area contributed by atoms with Crippen molar-refractivity contribution in [2.75, 3.05) is 38.5 Å². The van der Waals surface area contributed by atoms with Gasteiger partial charge in [-0.15, -0.1) is 0 Å². The zero-order valence-electron chi connectivity index (χ0n) is 9.64. The third-order valence-corrected chi connectivity index (χ3v) is 5.99. The van der Waals surface area contributed by atoms with Gasteiger partial charge in [0.1, 0.15) is 0 Å². The lowest BCUT2D eigenvalue weighted by Gasteiger charge is -2.20. The molecule has 0 bridgehead atoms. The van der Waals surface area contributed by atoms with Gasteiger partial charge in [-0.3, -0.25) is 0 Å². The Morgan fingerprint density at radius 3 is 2.31 bits per heavy atom. The van der Waals surface area contributed by atoms with Crippen molar-refractivity contribution >= 4 is 10.0 Å². The lowest BCUT2D eigenvalue weighted by Crippen LogP contribution is -2.36. The van der Waals surface area contributed by atoms with Crippen LogP contribution in [0.4, 0.5) is 0 Å². The van der Waals surface area contributed by atoms with E-state index >= 15 is 0 Å². The first-order chi connectivity index (χ1) is 7.65. The van der Waals surface area contributed by atoms with Gasteiger partial charge in [0.25, 0.3) is 0 Å². The Hall–Kier alpha value is -0.130. The van der Waals surface area contributed by atoms with Crippen molar-refractivity contribution < 1.29 is 8.42 Å². The zero-order valence-corrected chi connectivity index (χ0v) is 10.5. The van der Waals surface area contributed by atoms with Crippen LogP contribution in [0.15, 0.2) is 0 Å². The summed E-state index contributed by atoms with van der Waals surface area (Å²) < 4.78 is 25.8. The Morgan fingerprint density at radius 1 is 1.06 bits per heavy atom. The molecule has 0 aromatic heterocycles. The van der Waals surface area contributed by atoms with Gasteiger partial charge in [-0.1, -0.05) is 0 Å². The normalized spacial score (nSPS) is 35.5. The fourth-order valence-corrected chi connectivity index (χ4v) is 4.55. The van der Waals surface area contributed by atoms with Crippen molar-refractivity contribution in [3.63, 3.8) is 0 Å². The summed E-state index contributed by atoms with van der Waals surface area (Å²) in [4.78, 5) is 2.27. The van der Waals surface area contributed by atoms with E-state index in [-0.39, 0.29) is 0 Å². The third kappa shape index (κ3) is 2.13. The molecule has 0 aromatic carbocycles. The fourth-order valence-electron chi connectivity index (χ4n) is 2.96. The zero-order chi connectivity index (χ0) is 11.2. The SMILES string of the molecule is O=S(=O)(CCN1CCCC1)N1C[C@H]2C[C@H]2C1. The molecule has 3 aliphatic rings. The summed E-state index contributed by atoms with van der Waals surface area (Å²) in [5, 5.41) is 0. The molecule has 2 saturated heterocycles. The molecule has 2 aliphatic heterocycles. The van der Waals surface area contributed by atoms with Crippen LogP contribution in [0.1, 0.15) is 19.3 Å². The van der Waals surface area contributed by atoms with Gasteiger partial charge in [0, 0.05) is 19.6 Å². The largest absolute Gasteiger partial charge is 0.302 e. The molecule has 1 aliphatic carbocycles. The first kappa shape index (κ1) is 11.0. The summed E-state index contributed by atoms with van der Waals surface area (Å²) in [5.41, 5.74) is 0. The van der Waals surface area contributed by atoms with Crippen molar-refractivity contribution in [3.05, 3.63) is 0 Å². The van der Waals surface area contributed by atoms with E-state index in [1.165, 1.54) is 19.3 Å². The Kier molecular flexibility index (Phi) is 2.72. The number of sulfonamides is 1. The predicted molar refractivity (Wildman–Crippen MR) is 62.6 cm³/mol. The summed E-state index contributed by atoms with van der Waals surface area (Å²) in [5.74, 6) is 1.72. The van der Waals surface area contributed by atoms with Crippen LogP contribution in [0, 0.1) is 11.8 Å². The van der Waals surface area contributed by atoms with E-state index in [4.69, 9.17) is 0 Å². The van der Waals surface area contributed by atoms with Gasteiger partial charge in [-0.25, -0.2) is 12.7 Å². The van der Waals surface area contributed by atoms with E-state index in [9.17, 15) is 8.42 Å².